The highest BCUT2D eigenvalue weighted by Gasteiger charge is 2.18. The van der Waals surface area contributed by atoms with Gasteiger partial charge in [-0.25, -0.2) is 19.6 Å². The lowest BCUT2D eigenvalue weighted by atomic mass is 9.92. The molecule has 32 heavy (non-hydrogen) atoms. The Morgan fingerprint density at radius 3 is 2.62 bits per heavy atom. The highest BCUT2D eigenvalue weighted by Crippen LogP contribution is 2.18. The van der Waals surface area contributed by atoms with Crippen molar-refractivity contribution in [1.82, 2.24) is 29.3 Å². The second kappa shape index (κ2) is 7.80. The molecule has 11 heteroatoms. The fourth-order valence-electron chi connectivity index (χ4n) is 3.72. The lowest BCUT2D eigenvalue weighted by Gasteiger charge is -2.16. The van der Waals surface area contributed by atoms with Gasteiger partial charge in [0.1, 0.15) is 40.2 Å². The Labute approximate surface area is 189 Å². The number of nitrogen functional groups attached to an aromatic ring is 1. The van der Waals surface area contributed by atoms with Crippen molar-refractivity contribution >= 4 is 66.1 Å². The Morgan fingerprint density at radius 2 is 1.81 bits per heavy atom. The van der Waals surface area contributed by atoms with Crippen LogP contribution in [0.2, 0.25) is 5.02 Å². The van der Waals surface area contributed by atoms with Crippen molar-refractivity contribution in [2.24, 2.45) is 0 Å². The number of rotatable bonds is 4. The zero-order valence-electron chi connectivity index (χ0n) is 16.7. The molecule has 0 aliphatic heterocycles. The minimum atomic E-state index is -0.276. The minimum Gasteiger partial charge on any atom is -0.383 e. The first-order chi connectivity index (χ1) is 15.4. The molecule has 3 heterocycles. The van der Waals surface area contributed by atoms with Crippen molar-refractivity contribution in [3.8, 4) is 0 Å². The number of nitrogens with two attached hydrogens (primary N) is 1. The molecule has 0 spiro atoms. The summed E-state index contributed by atoms with van der Waals surface area (Å²) in [4.78, 5) is 26.4. The van der Waals surface area contributed by atoms with Gasteiger partial charge in [0.25, 0.3) is 5.56 Å². The second-order valence-corrected chi connectivity index (χ2v) is 7.66. The summed E-state index contributed by atoms with van der Waals surface area (Å²) < 4.78 is 3.08. The number of halogens is 1. The third kappa shape index (κ3) is 3.33. The van der Waals surface area contributed by atoms with Gasteiger partial charge in [-0.1, -0.05) is 47.4 Å². The van der Waals surface area contributed by atoms with E-state index in [1.807, 2.05) is 18.2 Å². The van der Waals surface area contributed by atoms with Gasteiger partial charge in [-0.2, -0.15) is 5.10 Å². The summed E-state index contributed by atoms with van der Waals surface area (Å²) in [6, 6.07) is 12.5. The van der Waals surface area contributed by atoms with Gasteiger partial charge < -0.3 is 5.73 Å². The maximum Gasteiger partial charge on any atom is 0.261 e. The van der Waals surface area contributed by atoms with Crippen LogP contribution >= 0.6 is 11.6 Å². The Hall–Kier alpha value is -3.65. The van der Waals surface area contributed by atoms with E-state index >= 15 is 0 Å². The maximum atomic E-state index is 13.5. The zero-order valence-corrected chi connectivity index (χ0v) is 17.5. The van der Waals surface area contributed by atoms with Crippen LogP contribution in [-0.4, -0.2) is 45.0 Å². The summed E-state index contributed by atoms with van der Waals surface area (Å²) >= 11 is 6.36. The molecule has 0 atom stereocenters. The van der Waals surface area contributed by atoms with Crippen LogP contribution in [0.25, 0.3) is 21.9 Å². The van der Waals surface area contributed by atoms with Crippen molar-refractivity contribution in [2.45, 2.75) is 13.1 Å². The molecule has 0 fully saturated rings. The number of hydrogen-bond donors (Lipinski definition) is 1. The van der Waals surface area contributed by atoms with E-state index in [-0.39, 0.29) is 30.1 Å². The molecule has 0 saturated heterocycles. The molecule has 0 bridgehead atoms. The third-order valence-corrected chi connectivity index (χ3v) is 5.63. The summed E-state index contributed by atoms with van der Waals surface area (Å²) in [6.07, 6.45) is 1.33. The Balaban J connectivity index is 1.73. The minimum absolute atomic E-state index is 0.120. The zero-order chi connectivity index (χ0) is 22.4. The monoisotopic (exact) mass is 437 g/mol. The van der Waals surface area contributed by atoms with Crippen molar-refractivity contribution in [2.75, 3.05) is 5.73 Å². The summed E-state index contributed by atoms with van der Waals surface area (Å²) in [6.45, 7) is 0.325. The standard InChI is InChI=1S/C21H14B2ClN7O/c22-12-5-3-7-14-16(12)21(32)30(8-11-4-1-2-6-13(11)24)15(28-14)9-31-20-17(18(23)29-31)19(25)26-10-27-20/h1-7,10H,8-9H2,(H2,25,26,27). The van der Waals surface area contributed by atoms with Crippen LogP contribution in [0.15, 0.2) is 53.6 Å². The highest BCUT2D eigenvalue weighted by molar-refractivity contribution is 6.38. The topological polar surface area (TPSA) is 105 Å². The van der Waals surface area contributed by atoms with E-state index in [0.29, 0.717) is 38.2 Å². The van der Waals surface area contributed by atoms with Gasteiger partial charge in [0.05, 0.1) is 22.8 Å². The van der Waals surface area contributed by atoms with Crippen molar-refractivity contribution in [3.63, 3.8) is 0 Å². The first kappa shape index (κ1) is 20.3. The van der Waals surface area contributed by atoms with Crippen LogP contribution in [-0.2, 0) is 13.1 Å². The molecule has 5 rings (SSSR count). The molecule has 0 aliphatic rings. The number of hydrogen-bond acceptors (Lipinski definition) is 6. The van der Waals surface area contributed by atoms with Gasteiger partial charge in [0.2, 0.25) is 0 Å². The molecular weight excluding hydrogens is 423 g/mol. The smallest absolute Gasteiger partial charge is 0.261 e. The Morgan fingerprint density at radius 1 is 1.00 bits per heavy atom. The lowest BCUT2D eigenvalue weighted by Crippen LogP contribution is -2.30. The number of fused-ring (bicyclic) bond motifs is 2. The summed E-state index contributed by atoms with van der Waals surface area (Å²) in [5.41, 5.74) is 7.92. The predicted octanol–water partition coefficient (Wildman–Crippen LogP) is 0.456. The van der Waals surface area contributed by atoms with Crippen LogP contribution in [0.5, 0.6) is 0 Å². The second-order valence-electron chi connectivity index (χ2n) is 7.25. The largest absolute Gasteiger partial charge is 0.383 e. The van der Waals surface area contributed by atoms with Crippen LogP contribution < -0.4 is 22.3 Å². The molecule has 152 valence electrons. The van der Waals surface area contributed by atoms with Crippen LogP contribution in [0.1, 0.15) is 11.4 Å². The number of nitrogens with zero attached hydrogens (tertiary/aromatic N) is 6. The molecule has 8 nitrogen and oxygen atoms in total. The van der Waals surface area contributed by atoms with Crippen LogP contribution in [0.3, 0.4) is 0 Å². The van der Waals surface area contributed by atoms with Crippen molar-refractivity contribution < 1.29 is 0 Å². The highest BCUT2D eigenvalue weighted by atomic mass is 35.5. The van der Waals surface area contributed by atoms with Crippen molar-refractivity contribution in [1.29, 1.82) is 0 Å². The normalized spacial score (nSPS) is 11.4. The van der Waals surface area contributed by atoms with E-state index in [4.69, 9.17) is 38.0 Å². The van der Waals surface area contributed by atoms with E-state index in [1.165, 1.54) is 10.9 Å². The van der Waals surface area contributed by atoms with Crippen molar-refractivity contribution in [3.05, 3.63) is 75.6 Å². The summed E-state index contributed by atoms with van der Waals surface area (Å²) in [7, 11) is 12.1. The molecule has 3 aromatic heterocycles. The molecule has 0 unspecified atom stereocenters. The lowest BCUT2D eigenvalue weighted by molar-refractivity contribution is 0.607. The molecule has 4 radical (unpaired) electrons. The first-order valence-corrected chi connectivity index (χ1v) is 10.1. The SMILES string of the molecule is [B]c1nn(Cc2nc3cccc([B])c3c(=O)n2Cc2ccccc2Cl)c2ncnc(N)c12. The fraction of sp³-hybridized carbons (Fsp3) is 0.0952. The molecule has 2 N–H and O–H groups in total. The molecule has 0 aliphatic carbocycles. The van der Waals surface area contributed by atoms with Gasteiger partial charge in [-0.15, -0.1) is 0 Å². The first-order valence-electron chi connectivity index (χ1n) is 9.68. The van der Waals surface area contributed by atoms with E-state index in [1.54, 1.807) is 28.9 Å². The number of anilines is 1. The van der Waals surface area contributed by atoms with Crippen LogP contribution in [0, 0.1) is 0 Å². The average Bonchev–Trinajstić information content (AvgIpc) is 3.08. The molecule has 0 amide bonds. The van der Waals surface area contributed by atoms with Gasteiger partial charge in [0, 0.05) is 10.6 Å². The van der Waals surface area contributed by atoms with Crippen LogP contribution in [0.4, 0.5) is 5.82 Å². The number of benzene rings is 2. The van der Waals surface area contributed by atoms with Gasteiger partial charge in [-0.3, -0.25) is 9.36 Å². The van der Waals surface area contributed by atoms with Gasteiger partial charge >= 0.3 is 0 Å². The third-order valence-electron chi connectivity index (χ3n) is 5.26. The molecule has 5 aromatic rings. The van der Waals surface area contributed by atoms with E-state index in [0.717, 1.165) is 5.56 Å². The molecule has 0 saturated carbocycles. The van der Waals surface area contributed by atoms with E-state index in [2.05, 4.69) is 15.1 Å². The molecule has 2 aromatic carbocycles. The summed E-state index contributed by atoms with van der Waals surface area (Å²) in [5, 5.41) is 5.69. The predicted molar refractivity (Wildman–Crippen MR) is 126 cm³/mol. The summed E-state index contributed by atoms with van der Waals surface area (Å²) in [5.74, 6) is 0.668. The maximum absolute atomic E-state index is 13.5. The number of aromatic nitrogens is 6. The molecular formula is C21H14B2ClN7O. The van der Waals surface area contributed by atoms with Gasteiger partial charge in [0.15, 0.2) is 5.65 Å². The van der Waals surface area contributed by atoms with E-state index in [9.17, 15) is 4.79 Å². The van der Waals surface area contributed by atoms with Gasteiger partial charge in [-0.05, 0) is 17.7 Å². The average molecular weight is 437 g/mol. The van der Waals surface area contributed by atoms with E-state index < -0.39 is 0 Å². The fourth-order valence-corrected chi connectivity index (χ4v) is 3.91. The Kier molecular flexibility index (Phi) is 4.94. The Bertz CT molecular complexity index is 1560. The quantitative estimate of drug-likeness (QED) is 0.410.